The Kier molecular flexibility index (Phi) is 5.36. The Balaban J connectivity index is 1.49. The van der Waals surface area contributed by atoms with E-state index in [1.807, 2.05) is 12.1 Å². The number of fused-ring (bicyclic) bond motifs is 1. The molecular weight excluding hydrogens is 358 g/mol. The second-order valence-electron chi connectivity index (χ2n) is 7.68. The predicted octanol–water partition coefficient (Wildman–Crippen LogP) is 2.19. The number of nitrogens with zero attached hydrogens (tertiary/aromatic N) is 2. The number of aromatic nitrogens is 2. The summed E-state index contributed by atoms with van der Waals surface area (Å²) in [6.07, 6.45) is 6.10. The molecule has 2 fully saturated rings. The highest BCUT2D eigenvalue weighted by Gasteiger charge is 2.20. The first-order valence-corrected chi connectivity index (χ1v) is 10.2. The number of nitrogens with one attached hydrogen (secondary N) is 3. The SMILES string of the molecule is O=C(CCN1CCCCCC1=O)Nc1cc2[nH]c(=O)[nH]c2cc1N1CCCC1. The highest BCUT2D eigenvalue weighted by Crippen LogP contribution is 2.32. The van der Waals surface area contributed by atoms with Gasteiger partial charge in [0.1, 0.15) is 0 Å². The average Bonchev–Trinajstić information content (AvgIpc) is 3.26. The zero-order valence-electron chi connectivity index (χ0n) is 16.1. The average molecular weight is 385 g/mol. The van der Waals surface area contributed by atoms with E-state index < -0.39 is 0 Å². The summed E-state index contributed by atoms with van der Waals surface area (Å²) in [7, 11) is 0. The number of imidazole rings is 1. The Morgan fingerprint density at radius 2 is 1.68 bits per heavy atom. The summed E-state index contributed by atoms with van der Waals surface area (Å²) >= 11 is 0. The minimum absolute atomic E-state index is 0.116. The van der Waals surface area contributed by atoms with Crippen molar-refractivity contribution in [2.24, 2.45) is 0 Å². The number of H-pyrrole nitrogens is 2. The Labute approximate surface area is 163 Å². The van der Waals surface area contributed by atoms with Crippen molar-refractivity contribution < 1.29 is 9.59 Å². The van der Waals surface area contributed by atoms with Crippen molar-refractivity contribution in [2.75, 3.05) is 36.4 Å². The summed E-state index contributed by atoms with van der Waals surface area (Å²) in [6.45, 7) is 3.06. The molecule has 0 bridgehead atoms. The van der Waals surface area contributed by atoms with Crippen molar-refractivity contribution in [3.8, 4) is 0 Å². The van der Waals surface area contributed by atoms with Gasteiger partial charge in [0.05, 0.1) is 22.4 Å². The van der Waals surface area contributed by atoms with Crippen LogP contribution < -0.4 is 15.9 Å². The van der Waals surface area contributed by atoms with Crippen LogP contribution in [0, 0.1) is 0 Å². The number of carbonyl (C=O) groups is 2. The number of rotatable bonds is 5. The lowest BCUT2D eigenvalue weighted by atomic mass is 10.2. The largest absolute Gasteiger partial charge is 0.370 e. The van der Waals surface area contributed by atoms with Crippen LogP contribution in [0.1, 0.15) is 44.9 Å². The van der Waals surface area contributed by atoms with Crippen molar-refractivity contribution in [3.63, 3.8) is 0 Å². The molecule has 150 valence electrons. The molecule has 8 nitrogen and oxygen atoms in total. The molecule has 0 radical (unpaired) electrons. The van der Waals surface area contributed by atoms with E-state index in [-0.39, 0.29) is 23.9 Å². The number of anilines is 2. The minimum atomic E-state index is -0.259. The lowest BCUT2D eigenvalue weighted by Gasteiger charge is -2.23. The van der Waals surface area contributed by atoms with E-state index in [9.17, 15) is 14.4 Å². The van der Waals surface area contributed by atoms with Gasteiger partial charge < -0.3 is 25.1 Å². The van der Waals surface area contributed by atoms with Gasteiger partial charge in [0.25, 0.3) is 0 Å². The summed E-state index contributed by atoms with van der Waals surface area (Å²) in [5.74, 6) is 0.0316. The monoisotopic (exact) mass is 385 g/mol. The van der Waals surface area contributed by atoms with Gasteiger partial charge in [-0.2, -0.15) is 0 Å². The first kappa shape index (κ1) is 18.6. The third-order valence-corrected chi connectivity index (χ3v) is 5.63. The lowest BCUT2D eigenvalue weighted by Crippen LogP contribution is -2.33. The quantitative estimate of drug-likeness (QED) is 0.734. The molecular formula is C20H27N5O3. The topological polar surface area (TPSA) is 101 Å². The first-order chi connectivity index (χ1) is 13.6. The minimum Gasteiger partial charge on any atom is -0.370 e. The number of likely N-dealkylation sites (tertiary alicyclic amines) is 1. The zero-order valence-corrected chi connectivity index (χ0v) is 16.1. The van der Waals surface area contributed by atoms with Crippen LogP contribution in [0.2, 0.25) is 0 Å². The fraction of sp³-hybridized carbons (Fsp3) is 0.550. The molecule has 0 unspecified atom stereocenters. The van der Waals surface area contributed by atoms with E-state index in [0.717, 1.165) is 62.9 Å². The number of aromatic amines is 2. The van der Waals surface area contributed by atoms with E-state index in [1.165, 1.54) is 0 Å². The highest BCUT2D eigenvalue weighted by atomic mass is 16.2. The molecule has 3 heterocycles. The first-order valence-electron chi connectivity index (χ1n) is 10.2. The fourth-order valence-corrected chi connectivity index (χ4v) is 4.11. The van der Waals surface area contributed by atoms with Crippen LogP contribution in [0.15, 0.2) is 16.9 Å². The maximum Gasteiger partial charge on any atom is 0.323 e. The van der Waals surface area contributed by atoms with Crippen LogP contribution in [0.4, 0.5) is 11.4 Å². The normalized spacial score (nSPS) is 17.9. The van der Waals surface area contributed by atoms with E-state index in [2.05, 4.69) is 20.2 Å². The van der Waals surface area contributed by atoms with Crippen LogP contribution in [-0.2, 0) is 9.59 Å². The van der Waals surface area contributed by atoms with Gasteiger partial charge in [-0.25, -0.2) is 4.79 Å². The molecule has 0 spiro atoms. The standard InChI is InChI=1S/C20H27N5O3/c26-18(7-11-25-10-3-1-2-6-19(25)27)21-16-12-14-15(23-20(28)22-14)13-17(16)24-8-4-5-9-24/h12-13H,1-11H2,(H,21,26)(H2,22,23,28). The maximum absolute atomic E-state index is 12.6. The molecule has 8 heteroatoms. The third-order valence-electron chi connectivity index (χ3n) is 5.63. The van der Waals surface area contributed by atoms with Crippen LogP contribution in [0.3, 0.4) is 0 Å². The third kappa shape index (κ3) is 4.05. The van der Waals surface area contributed by atoms with Crippen molar-refractivity contribution in [3.05, 3.63) is 22.6 Å². The smallest absolute Gasteiger partial charge is 0.323 e. The summed E-state index contributed by atoms with van der Waals surface area (Å²) < 4.78 is 0. The molecule has 2 aromatic rings. The molecule has 2 aliphatic rings. The van der Waals surface area contributed by atoms with Gasteiger partial charge in [0.15, 0.2) is 0 Å². The Morgan fingerprint density at radius 3 is 2.46 bits per heavy atom. The van der Waals surface area contributed by atoms with Gasteiger partial charge in [-0.15, -0.1) is 0 Å². The number of benzene rings is 1. The second-order valence-corrected chi connectivity index (χ2v) is 7.68. The fourth-order valence-electron chi connectivity index (χ4n) is 4.11. The molecule has 2 amide bonds. The van der Waals surface area contributed by atoms with Crippen molar-refractivity contribution in [2.45, 2.75) is 44.9 Å². The number of hydrogen-bond donors (Lipinski definition) is 3. The lowest BCUT2D eigenvalue weighted by molar-refractivity contribution is -0.131. The van der Waals surface area contributed by atoms with Crippen LogP contribution in [-0.4, -0.2) is 52.9 Å². The molecule has 2 saturated heterocycles. The summed E-state index contributed by atoms with van der Waals surface area (Å²) in [5.41, 5.74) is 2.79. The molecule has 0 saturated carbocycles. The van der Waals surface area contributed by atoms with Gasteiger partial charge in [0, 0.05) is 39.0 Å². The summed E-state index contributed by atoms with van der Waals surface area (Å²) in [5, 5.41) is 3.00. The number of hydrogen-bond acceptors (Lipinski definition) is 4. The molecule has 28 heavy (non-hydrogen) atoms. The Hall–Kier alpha value is -2.77. The molecule has 3 N–H and O–H groups in total. The van der Waals surface area contributed by atoms with Gasteiger partial charge in [-0.1, -0.05) is 6.42 Å². The number of amides is 2. The van der Waals surface area contributed by atoms with E-state index in [4.69, 9.17) is 0 Å². The molecule has 2 aliphatic heterocycles. The molecule has 4 rings (SSSR count). The van der Waals surface area contributed by atoms with Gasteiger partial charge in [-0.05, 0) is 37.8 Å². The molecule has 0 aliphatic carbocycles. The van der Waals surface area contributed by atoms with E-state index in [0.29, 0.717) is 24.2 Å². The van der Waals surface area contributed by atoms with Crippen LogP contribution in [0.5, 0.6) is 0 Å². The second kappa shape index (κ2) is 8.08. The van der Waals surface area contributed by atoms with E-state index in [1.54, 1.807) is 4.90 Å². The number of carbonyl (C=O) groups excluding carboxylic acids is 2. The van der Waals surface area contributed by atoms with Crippen molar-refractivity contribution in [1.82, 2.24) is 14.9 Å². The molecule has 1 aromatic heterocycles. The highest BCUT2D eigenvalue weighted by molar-refractivity contribution is 5.98. The molecule has 1 aromatic carbocycles. The Bertz CT molecular complexity index is 926. The van der Waals surface area contributed by atoms with Crippen molar-refractivity contribution in [1.29, 1.82) is 0 Å². The maximum atomic E-state index is 12.6. The zero-order chi connectivity index (χ0) is 19.5. The van der Waals surface area contributed by atoms with Gasteiger partial charge in [0.2, 0.25) is 11.8 Å². The van der Waals surface area contributed by atoms with Crippen LogP contribution in [0.25, 0.3) is 11.0 Å². The van der Waals surface area contributed by atoms with Crippen LogP contribution >= 0.6 is 0 Å². The van der Waals surface area contributed by atoms with E-state index >= 15 is 0 Å². The van der Waals surface area contributed by atoms with Crippen molar-refractivity contribution >= 4 is 34.2 Å². The van der Waals surface area contributed by atoms with Gasteiger partial charge >= 0.3 is 5.69 Å². The summed E-state index contributed by atoms with van der Waals surface area (Å²) in [4.78, 5) is 45.9. The molecule has 0 atom stereocenters. The van der Waals surface area contributed by atoms with Gasteiger partial charge in [-0.3, -0.25) is 9.59 Å². The predicted molar refractivity (Wildman–Crippen MR) is 109 cm³/mol. The summed E-state index contributed by atoms with van der Waals surface area (Å²) in [6, 6.07) is 3.74. The Morgan fingerprint density at radius 1 is 0.964 bits per heavy atom.